The number of rotatable bonds is 3. The van der Waals surface area contributed by atoms with Gasteiger partial charge >= 0.3 is 11.9 Å². The van der Waals surface area contributed by atoms with E-state index in [-0.39, 0.29) is 23.4 Å². The minimum atomic E-state index is -1.44. The smallest absolute Gasteiger partial charge is 0.331 e. The van der Waals surface area contributed by atoms with E-state index in [9.17, 15) is 9.59 Å². The molecule has 3 rings (SSSR count). The summed E-state index contributed by atoms with van der Waals surface area (Å²) >= 11 is 0. The Morgan fingerprint density at radius 2 is 1.92 bits per heavy atom. The molecule has 0 amide bonds. The van der Waals surface area contributed by atoms with Crippen LogP contribution in [-0.4, -0.2) is 37.3 Å². The number of aliphatic carboxylic acids is 2. The summed E-state index contributed by atoms with van der Waals surface area (Å²) in [7, 11) is 0. The van der Waals surface area contributed by atoms with E-state index in [0.29, 0.717) is 0 Å². The molecule has 9 heteroatoms. The highest BCUT2D eigenvalue weighted by molar-refractivity contribution is 5.91. The van der Waals surface area contributed by atoms with Crippen LogP contribution in [0.3, 0.4) is 0 Å². The molecule has 0 saturated carbocycles. The van der Waals surface area contributed by atoms with Crippen LogP contribution in [0, 0.1) is 5.41 Å². The molecule has 9 nitrogen and oxygen atoms in total. The number of carboxylic acid groups (broad SMARTS) is 2. The number of nitrogens with one attached hydrogen (secondary N) is 1. The summed E-state index contributed by atoms with van der Waals surface area (Å²) < 4.78 is 0. The van der Waals surface area contributed by atoms with Crippen LogP contribution in [-0.2, 0) is 9.59 Å². The van der Waals surface area contributed by atoms with E-state index in [2.05, 4.69) is 15.2 Å². The molecule has 2 aromatic heterocycles. The number of hydrogen-bond acceptors (Lipinski definition) is 6. The van der Waals surface area contributed by atoms with Crippen molar-refractivity contribution in [3.05, 3.63) is 59.7 Å². The van der Waals surface area contributed by atoms with E-state index >= 15 is 0 Å². The molecule has 1 aliphatic carbocycles. The van der Waals surface area contributed by atoms with E-state index < -0.39 is 17.4 Å². The van der Waals surface area contributed by atoms with Gasteiger partial charge in [0.25, 0.3) is 0 Å². The van der Waals surface area contributed by atoms with Gasteiger partial charge in [0.05, 0.1) is 11.4 Å². The fraction of sp³-hybridized carbons (Fsp3) is 0.176. The molecule has 0 spiro atoms. The summed E-state index contributed by atoms with van der Waals surface area (Å²) in [5, 5.41) is 24.5. The first-order chi connectivity index (χ1) is 12.3. The van der Waals surface area contributed by atoms with Gasteiger partial charge in [0.15, 0.2) is 0 Å². The van der Waals surface area contributed by atoms with Crippen LogP contribution in [0.2, 0.25) is 0 Å². The Kier molecular flexibility index (Phi) is 5.41. The zero-order chi connectivity index (χ0) is 19.3. The first kappa shape index (κ1) is 18.7. The molecule has 7 N–H and O–H groups in total. The average molecular weight is 357 g/mol. The van der Waals surface area contributed by atoms with Gasteiger partial charge in [-0.25, -0.2) is 4.79 Å². The SMILES string of the molecule is CC1(C(=O)O)CC(C(=O)O)=CC(N)=C1N.c1ccc(-c2cc[nH]n2)nc1. The Labute approximate surface area is 149 Å². The fourth-order valence-corrected chi connectivity index (χ4v) is 2.36. The molecule has 136 valence electrons. The summed E-state index contributed by atoms with van der Waals surface area (Å²) in [6.45, 7) is 1.35. The molecule has 0 aromatic carbocycles. The largest absolute Gasteiger partial charge is 0.481 e. The lowest BCUT2D eigenvalue weighted by atomic mass is 9.76. The number of nitrogens with zero attached hydrogens (tertiary/aromatic N) is 2. The van der Waals surface area contributed by atoms with Crippen molar-refractivity contribution in [2.45, 2.75) is 13.3 Å². The van der Waals surface area contributed by atoms with E-state index in [1.165, 1.54) is 13.0 Å². The molecule has 1 atom stereocenters. The quantitative estimate of drug-likeness (QED) is 0.544. The van der Waals surface area contributed by atoms with Crippen LogP contribution in [0.15, 0.2) is 59.7 Å². The number of nitrogens with two attached hydrogens (primary N) is 2. The Balaban J connectivity index is 0.000000195. The number of pyridine rings is 1. The number of allylic oxidation sites excluding steroid dienone is 1. The van der Waals surface area contributed by atoms with E-state index in [1.807, 2.05) is 24.3 Å². The summed E-state index contributed by atoms with van der Waals surface area (Å²) in [4.78, 5) is 25.9. The minimum Gasteiger partial charge on any atom is -0.481 e. The molecular weight excluding hydrogens is 338 g/mol. The second kappa shape index (κ2) is 7.51. The van der Waals surface area contributed by atoms with Gasteiger partial charge in [0, 0.05) is 30.1 Å². The molecule has 0 fully saturated rings. The van der Waals surface area contributed by atoms with Gasteiger partial charge < -0.3 is 21.7 Å². The number of aromatic nitrogens is 3. The van der Waals surface area contributed by atoms with Crippen molar-refractivity contribution in [3.63, 3.8) is 0 Å². The van der Waals surface area contributed by atoms with Crippen molar-refractivity contribution in [2.75, 3.05) is 0 Å². The number of aromatic amines is 1. The van der Waals surface area contributed by atoms with Crippen LogP contribution in [0.25, 0.3) is 11.4 Å². The highest BCUT2D eigenvalue weighted by Crippen LogP contribution is 2.36. The normalized spacial score (nSPS) is 19.2. The molecule has 0 radical (unpaired) electrons. The maximum Gasteiger partial charge on any atom is 0.331 e. The minimum absolute atomic E-state index is 0.000000000000000222. The van der Waals surface area contributed by atoms with Gasteiger partial charge in [-0.2, -0.15) is 5.10 Å². The van der Waals surface area contributed by atoms with E-state index in [0.717, 1.165) is 11.4 Å². The van der Waals surface area contributed by atoms with E-state index in [1.54, 1.807) is 12.4 Å². The van der Waals surface area contributed by atoms with Crippen molar-refractivity contribution in [2.24, 2.45) is 16.9 Å². The fourth-order valence-electron chi connectivity index (χ4n) is 2.36. The van der Waals surface area contributed by atoms with Crippen molar-refractivity contribution in [1.82, 2.24) is 15.2 Å². The standard InChI is InChI=1S/C9H12N2O4.C8H7N3/c1-9(8(14)15)3-4(7(12)13)2-5(10)6(9)11;1-2-5-9-7(3-1)8-4-6-10-11-8/h2H,3,10-11H2,1H3,(H,12,13)(H,14,15);1-6H,(H,10,11). The Morgan fingerprint density at radius 3 is 2.42 bits per heavy atom. The number of H-pyrrole nitrogens is 1. The van der Waals surface area contributed by atoms with Gasteiger partial charge in [0.1, 0.15) is 11.1 Å². The second-order valence-corrected chi connectivity index (χ2v) is 5.83. The molecule has 0 saturated heterocycles. The summed E-state index contributed by atoms with van der Waals surface area (Å²) in [5.41, 5.74) is 11.3. The first-order valence-electron chi connectivity index (χ1n) is 7.60. The van der Waals surface area contributed by atoms with Crippen LogP contribution in [0.4, 0.5) is 0 Å². The van der Waals surface area contributed by atoms with Crippen LogP contribution >= 0.6 is 0 Å². The van der Waals surface area contributed by atoms with Gasteiger partial charge in [-0.3, -0.25) is 14.9 Å². The monoisotopic (exact) mass is 357 g/mol. The van der Waals surface area contributed by atoms with Gasteiger partial charge in [-0.1, -0.05) is 6.07 Å². The van der Waals surface area contributed by atoms with Crippen LogP contribution in [0.1, 0.15) is 13.3 Å². The zero-order valence-electron chi connectivity index (χ0n) is 14.0. The summed E-state index contributed by atoms with van der Waals surface area (Å²) in [6, 6.07) is 7.64. The molecule has 0 aliphatic heterocycles. The number of carboxylic acids is 2. The third-order valence-corrected chi connectivity index (χ3v) is 3.95. The predicted molar refractivity (Wildman–Crippen MR) is 93.3 cm³/mol. The van der Waals surface area contributed by atoms with Crippen LogP contribution < -0.4 is 11.5 Å². The molecule has 0 bridgehead atoms. The van der Waals surface area contributed by atoms with Crippen molar-refractivity contribution < 1.29 is 19.8 Å². The lowest BCUT2D eigenvalue weighted by molar-refractivity contribution is -0.146. The molecule has 26 heavy (non-hydrogen) atoms. The highest BCUT2D eigenvalue weighted by Gasteiger charge is 2.41. The maximum absolute atomic E-state index is 11.0. The van der Waals surface area contributed by atoms with Gasteiger partial charge in [-0.15, -0.1) is 0 Å². The molecule has 2 aromatic rings. The van der Waals surface area contributed by atoms with Crippen molar-refractivity contribution in [1.29, 1.82) is 0 Å². The number of hydrogen-bond donors (Lipinski definition) is 5. The maximum atomic E-state index is 11.0. The molecule has 1 unspecified atom stereocenters. The molecule has 2 heterocycles. The Morgan fingerprint density at radius 1 is 1.19 bits per heavy atom. The van der Waals surface area contributed by atoms with Gasteiger partial charge in [0.2, 0.25) is 0 Å². The molecular formula is C17H19N5O4. The highest BCUT2D eigenvalue weighted by atomic mass is 16.4. The Hall–Kier alpha value is -3.62. The molecule has 1 aliphatic rings. The predicted octanol–water partition coefficient (Wildman–Crippen LogP) is 1.09. The lowest BCUT2D eigenvalue weighted by Crippen LogP contribution is -2.39. The van der Waals surface area contributed by atoms with Gasteiger partial charge in [-0.05, 0) is 31.2 Å². The third-order valence-electron chi connectivity index (χ3n) is 3.95. The zero-order valence-corrected chi connectivity index (χ0v) is 14.0. The van der Waals surface area contributed by atoms with Crippen molar-refractivity contribution in [3.8, 4) is 11.4 Å². The third kappa shape index (κ3) is 3.89. The van der Waals surface area contributed by atoms with Crippen molar-refractivity contribution >= 4 is 11.9 Å². The topological polar surface area (TPSA) is 168 Å². The van der Waals surface area contributed by atoms with E-state index in [4.69, 9.17) is 21.7 Å². The summed E-state index contributed by atoms with van der Waals surface area (Å²) in [6.07, 6.45) is 4.57. The lowest BCUT2D eigenvalue weighted by Gasteiger charge is -2.29. The number of carbonyl (C=O) groups is 2. The van der Waals surface area contributed by atoms with Crippen LogP contribution in [0.5, 0.6) is 0 Å². The second-order valence-electron chi connectivity index (χ2n) is 5.83. The Bertz CT molecular complexity index is 859. The summed E-state index contributed by atoms with van der Waals surface area (Å²) in [5.74, 6) is -2.37. The average Bonchev–Trinajstić information content (AvgIpc) is 3.15. The first-order valence-corrected chi connectivity index (χ1v) is 7.60.